The number of nitriles is 1. The Morgan fingerprint density at radius 1 is 1.44 bits per heavy atom. The van der Waals surface area contributed by atoms with E-state index in [4.69, 9.17) is 11.0 Å². The van der Waals surface area contributed by atoms with Gasteiger partial charge >= 0.3 is 0 Å². The van der Waals surface area contributed by atoms with Crippen molar-refractivity contribution in [3.8, 4) is 6.07 Å². The van der Waals surface area contributed by atoms with Crippen molar-refractivity contribution in [1.82, 2.24) is 0 Å². The van der Waals surface area contributed by atoms with Crippen LogP contribution in [0.15, 0.2) is 12.1 Å². The molecule has 0 aliphatic carbocycles. The average Bonchev–Trinajstić information content (AvgIpc) is 2.21. The first-order valence-corrected chi connectivity index (χ1v) is 4.93. The molecule has 5 heteroatoms. The Labute approximate surface area is 92.9 Å². The lowest BCUT2D eigenvalue weighted by molar-refractivity contribution is 0.584. The average molecular weight is 225 g/mol. The fourth-order valence-corrected chi connectivity index (χ4v) is 1.23. The number of nitrogens with two attached hydrogens (primary N) is 1. The molecule has 0 aliphatic heterocycles. The van der Waals surface area contributed by atoms with Crippen molar-refractivity contribution in [3.63, 3.8) is 0 Å². The van der Waals surface area contributed by atoms with Crippen molar-refractivity contribution in [2.24, 2.45) is 5.73 Å². The fourth-order valence-electron chi connectivity index (χ4n) is 1.23. The molecule has 0 aromatic heterocycles. The van der Waals surface area contributed by atoms with Crippen LogP contribution in [0.4, 0.5) is 14.5 Å². The van der Waals surface area contributed by atoms with E-state index in [2.05, 4.69) is 5.32 Å². The standard InChI is InChI=1S/C11H13F2N3/c1-7(15)2-3-16-11-9(12)4-8(6-14)5-10(11)13/h4-5,7,16H,2-3,15H2,1H3. The highest BCUT2D eigenvalue weighted by Gasteiger charge is 2.10. The highest BCUT2D eigenvalue weighted by atomic mass is 19.1. The maximum absolute atomic E-state index is 13.3. The Balaban J connectivity index is 2.77. The SMILES string of the molecule is CC(N)CCNc1c(F)cc(C#N)cc1F. The molecule has 0 saturated heterocycles. The number of rotatable bonds is 4. The van der Waals surface area contributed by atoms with Crippen LogP contribution in [-0.4, -0.2) is 12.6 Å². The van der Waals surface area contributed by atoms with Crippen LogP contribution in [-0.2, 0) is 0 Å². The lowest BCUT2D eigenvalue weighted by Crippen LogP contribution is -2.19. The van der Waals surface area contributed by atoms with Gasteiger partial charge in [-0.25, -0.2) is 8.78 Å². The Bertz CT molecular complexity index is 387. The number of halogens is 2. The van der Waals surface area contributed by atoms with E-state index in [1.165, 1.54) is 0 Å². The van der Waals surface area contributed by atoms with Crippen LogP contribution in [0.5, 0.6) is 0 Å². The minimum Gasteiger partial charge on any atom is -0.380 e. The van der Waals surface area contributed by atoms with Gasteiger partial charge < -0.3 is 11.1 Å². The van der Waals surface area contributed by atoms with Gasteiger partial charge in [0.1, 0.15) is 5.69 Å². The number of hydrogen-bond acceptors (Lipinski definition) is 3. The molecule has 1 rings (SSSR count). The summed E-state index contributed by atoms with van der Waals surface area (Å²) in [5.74, 6) is -1.53. The van der Waals surface area contributed by atoms with E-state index in [-0.39, 0.29) is 17.3 Å². The van der Waals surface area contributed by atoms with E-state index < -0.39 is 11.6 Å². The molecular formula is C11H13F2N3. The van der Waals surface area contributed by atoms with Crippen LogP contribution in [0.1, 0.15) is 18.9 Å². The molecule has 0 saturated carbocycles. The van der Waals surface area contributed by atoms with Gasteiger partial charge in [-0.1, -0.05) is 0 Å². The molecule has 1 atom stereocenters. The van der Waals surface area contributed by atoms with E-state index in [9.17, 15) is 8.78 Å². The monoisotopic (exact) mass is 225 g/mol. The van der Waals surface area contributed by atoms with Gasteiger partial charge in [0.15, 0.2) is 11.6 Å². The third kappa shape index (κ3) is 3.17. The Hall–Kier alpha value is -1.67. The molecule has 0 aliphatic rings. The third-order valence-corrected chi connectivity index (χ3v) is 2.07. The molecule has 3 N–H and O–H groups in total. The molecule has 0 amide bonds. The van der Waals surface area contributed by atoms with E-state index in [1.54, 1.807) is 6.07 Å². The molecule has 3 nitrogen and oxygen atoms in total. The van der Waals surface area contributed by atoms with Gasteiger partial charge in [-0.3, -0.25) is 0 Å². The summed E-state index contributed by atoms with van der Waals surface area (Å²) >= 11 is 0. The fraction of sp³-hybridized carbons (Fsp3) is 0.364. The second-order valence-corrected chi connectivity index (χ2v) is 3.62. The van der Waals surface area contributed by atoms with Crippen molar-refractivity contribution in [3.05, 3.63) is 29.3 Å². The maximum Gasteiger partial charge on any atom is 0.150 e. The molecule has 0 fully saturated rings. The topological polar surface area (TPSA) is 61.8 Å². The van der Waals surface area contributed by atoms with Crippen molar-refractivity contribution in [1.29, 1.82) is 5.26 Å². The first-order valence-electron chi connectivity index (χ1n) is 4.93. The summed E-state index contributed by atoms with van der Waals surface area (Å²) < 4.78 is 26.7. The van der Waals surface area contributed by atoms with Gasteiger partial charge in [0.2, 0.25) is 0 Å². The highest BCUT2D eigenvalue weighted by Crippen LogP contribution is 2.20. The van der Waals surface area contributed by atoms with Crippen molar-refractivity contribution in [2.75, 3.05) is 11.9 Å². The van der Waals surface area contributed by atoms with Crippen molar-refractivity contribution in [2.45, 2.75) is 19.4 Å². The Morgan fingerprint density at radius 2 is 2.00 bits per heavy atom. The van der Waals surface area contributed by atoms with Crippen molar-refractivity contribution >= 4 is 5.69 Å². The largest absolute Gasteiger partial charge is 0.380 e. The van der Waals surface area contributed by atoms with Gasteiger partial charge in [0.05, 0.1) is 11.6 Å². The van der Waals surface area contributed by atoms with Crippen molar-refractivity contribution < 1.29 is 8.78 Å². The van der Waals surface area contributed by atoms with Crippen LogP contribution >= 0.6 is 0 Å². The quantitative estimate of drug-likeness (QED) is 0.823. The summed E-state index contributed by atoms with van der Waals surface area (Å²) in [4.78, 5) is 0. The molecule has 0 radical (unpaired) electrons. The number of nitrogens with zero attached hydrogens (tertiary/aromatic N) is 1. The second-order valence-electron chi connectivity index (χ2n) is 3.62. The lowest BCUT2D eigenvalue weighted by Gasteiger charge is -2.10. The van der Waals surface area contributed by atoms with E-state index >= 15 is 0 Å². The summed E-state index contributed by atoms with van der Waals surface area (Å²) in [5.41, 5.74) is 5.26. The summed E-state index contributed by atoms with van der Waals surface area (Å²) in [6.45, 7) is 2.20. The minimum atomic E-state index is -0.763. The van der Waals surface area contributed by atoms with Crippen LogP contribution in [0, 0.1) is 23.0 Å². The maximum atomic E-state index is 13.3. The molecule has 0 heterocycles. The number of nitrogens with one attached hydrogen (secondary N) is 1. The van der Waals surface area contributed by atoms with Gasteiger partial charge in [0.25, 0.3) is 0 Å². The van der Waals surface area contributed by atoms with Crippen LogP contribution in [0.3, 0.4) is 0 Å². The molecular weight excluding hydrogens is 212 g/mol. The van der Waals surface area contributed by atoms with Gasteiger partial charge in [-0.15, -0.1) is 0 Å². The Morgan fingerprint density at radius 3 is 2.44 bits per heavy atom. The smallest absolute Gasteiger partial charge is 0.150 e. The predicted octanol–water partition coefficient (Wildman–Crippen LogP) is 1.99. The zero-order chi connectivity index (χ0) is 12.1. The molecule has 0 bridgehead atoms. The molecule has 1 unspecified atom stereocenters. The van der Waals surface area contributed by atoms with Gasteiger partial charge in [0, 0.05) is 12.6 Å². The lowest BCUT2D eigenvalue weighted by atomic mass is 10.2. The summed E-state index contributed by atoms with van der Waals surface area (Å²) in [6, 6.07) is 3.65. The zero-order valence-electron chi connectivity index (χ0n) is 8.93. The van der Waals surface area contributed by atoms with Gasteiger partial charge in [-0.2, -0.15) is 5.26 Å². The minimum absolute atomic E-state index is 0.0306. The first-order chi connectivity index (χ1) is 7.54. The molecule has 16 heavy (non-hydrogen) atoms. The third-order valence-electron chi connectivity index (χ3n) is 2.07. The summed E-state index contributed by atoms with van der Waals surface area (Å²) in [7, 11) is 0. The normalized spacial score (nSPS) is 11.9. The number of benzene rings is 1. The van der Waals surface area contributed by atoms with Crippen LogP contribution in [0.25, 0.3) is 0 Å². The van der Waals surface area contributed by atoms with E-state index in [0.29, 0.717) is 13.0 Å². The molecule has 1 aromatic rings. The second kappa shape index (κ2) is 5.42. The van der Waals surface area contributed by atoms with Gasteiger partial charge in [-0.05, 0) is 25.5 Å². The molecule has 86 valence electrons. The summed E-state index contributed by atoms with van der Waals surface area (Å²) in [5, 5.41) is 11.1. The molecule has 1 aromatic carbocycles. The van der Waals surface area contributed by atoms with E-state index in [1.807, 2.05) is 6.92 Å². The molecule has 0 spiro atoms. The summed E-state index contributed by atoms with van der Waals surface area (Å²) in [6.07, 6.45) is 0.610. The first kappa shape index (κ1) is 12.4. The predicted molar refractivity (Wildman–Crippen MR) is 57.8 cm³/mol. The highest BCUT2D eigenvalue weighted by molar-refractivity contribution is 5.50. The van der Waals surface area contributed by atoms with Crippen LogP contribution in [0.2, 0.25) is 0 Å². The Kier molecular flexibility index (Phi) is 4.20. The number of hydrogen-bond donors (Lipinski definition) is 2. The zero-order valence-corrected chi connectivity index (χ0v) is 8.93. The van der Waals surface area contributed by atoms with Crippen LogP contribution < -0.4 is 11.1 Å². The van der Waals surface area contributed by atoms with E-state index in [0.717, 1.165) is 12.1 Å². The number of anilines is 1.